The Morgan fingerprint density at radius 2 is 0.891 bits per heavy atom. The van der Waals surface area contributed by atoms with Gasteiger partial charge in [-0.3, -0.25) is 0 Å². The molecule has 8 aromatic carbocycles. The van der Waals surface area contributed by atoms with Gasteiger partial charge in [0.25, 0.3) is 0 Å². The van der Waals surface area contributed by atoms with Crippen molar-refractivity contribution in [2.45, 2.75) is 19.3 Å². The van der Waals surface area contributed by atoms with Gasteiger partial charge in [-0.25, -0.2) is 9.97 Å². The lowest BCUT2D eigenvalue weighted by molar-refractivity contribution is 0.662. The Bertz CT molecular complexity index is 2870. The first-order chi connectivity index (χ1) is 27.0. The first-order valence-corrected chi connectivity index (χ1v) is 19.0. The molecule has 0 N–H and O–H groups in total. The molecule has 2 nitrogen and oxygen atoms in total. The molecule has 1 aromatic heterocycles. The summed E-state index contributed by atoms with van der Waals surface area (Å²) in [6.07, 6.45) is 0. The van der Waals surface area contributed by atoms with Crippen LogP contribution in [0.1, 0.15) is 25.0 Å². The van der Waals surface area contributed by atoms with Crippen molar-refractivity contribution < 1.29 is 0 Å². The summed E-state index contributed by atoms with van der Waals surface area (Å²) in [7, 11) is 0. The molecule has 260 valence electrons. The van der Waals surface area contributed by atoms with E-state index in [4.69, 9.17) is 9.97 Å². The molecule has 0 radical (unpaired) electrons. The highest BCUT2D eigenvalue weighted by Crippen LogP contribution is 2.54. The number of rotatable bonds is 6. The molecule has 0 saturated heterocycles. The van der Waals surface area contributed by atoms with E-state index in [9.17, 15) is 0 Å². The number of nitrogens with zero attached hydrogens (tertiary/aromatic N) is 2. The Balaban J connectivity index is 1.05. The zero-order chi connectivity index (χ0) is 36.9. The summed E-state index contributed by atoms with van der Waals surface area (Å²) in [5.74, 6) is 0.710. The van der Waals surface area contributed by atoms with Crippen LogP contribution in [0.3, 0.4) is 0 Å². The van der Waals surface area contributed by atoms with E-state index >= 15 is 0 Å². The van der Waals surface area contributed by atoms with Crippen molar-refractivity contribution in [3.8, 4) is 78.4 Å². The van der Waals surface area contributed by atoms with Gasteiger partial charge < -0.3 is 0 Å². The van der Waals surface area contributed by atoms with Crippen molar-refractivity contribution in [2.24, 2.45) is 0 Å². The molecule has 0 bridgehead atoms. The van der Waals surface area contributed by atoms with Crippen LogP contribution >= 0.6 is 0 Å². The second-order valence-electron chi connectivity index (χ2n) is 15.0. The molecule has 0 saturated carbocycles. The number of hydrogen-bond donors (Lipinski definition) is 0. The van der Waals surface area contributed by atoms with Crippen molar-refractivity contribution in [3.05, 3.63) is 205 Å². The Morgan fingerprint density at radius 1 is 0.364 bits per heavy atom. The molecular weight excluding hydrogens is 665 g/mol. The highest BCUT2D eigenvalue weighted by atomic mass is 14.9. The minimum atomic E-state index is -0.135. The average molecular weight is 703 g/mol. The average Bonchev–Trinajstić information content (AvgIpc) is 3.50. The van der Waals surface area contributed by atoms with Crippen LogP contribution in [0.4, 0.5) is 0 Å². The van der Waals surface area contributed by atoms with Gasteiger partial charge in [-0.1, -0.05) is 190 Å². The molecule has 0 atom stereocenters. The molecule has 9 aromatic rings. The van der Waals surface area contributed by atoms with Crippen LogP contribution in [0.25, 0.3) is 89.2 Å². The van der Waals surface area contributed by atoms with Crippen LogP contribution in [0.15, 0.2) is 194 Å². The van der Waals surface area contributed by atoms with Crippen molar-refractivity contribution in [2.75, 3.05) is 0 Å². The van der Waals surface area contributed by atoms with Crippen molar-refractivity contribution in [3.63, 3.8) is 0 Å². The van der Waals surface area contributed by atoms with Crippen molar-refractivity contribution in [1.82, 2.24) is 9.97 Å². The number of aromatic nitrogens is 2. The summed E-state index contributed by atoms with van der Waals surface area (Å²) >= 11 is 0. The Hall–Kier alpha value is -6.90. The zero-order valence-electron chi connectivity index (χ0n) is 30.9. The predicted octanol–water partition coefficient (Wildman–Crippen LogP) is 13.9. The number of hydrogen-bond acceptors (Lipinski definition) is 2. The van der Waals surface area contributed by atoms with E-state index in [0.29, 0.717) is 5.82 Å². The standard InChI is InChI=1S/C53H38N2/c1-53(2)47-31-30-37-16-9-10-23-44(37)50(47)46-25-13-24-45(51(46)53)42-21-11-19-40(32-42)41-20-12-22-43(33-41)49-34-48(54-52(55-49)39-17-7-4-8-18-39)38-28-26-36(27-29-38)35-14-5-3-6-15-35/h3-34H,1-2H3. The highest BCUT2D eigenvalue weighted by Gasteiger charge is 2.38. The van der Waals surface area contributed by atoms with E-state index in [-0.39, 0.29) is 5.41 Å². The third-order valence-corrected chi connectivity index (χ3v) is 11.3. The van der Waals surface area contributed by atoms with Gasteiger partial charge in [0.05, 0.1) is 11.4 Å². The molecule has 55 heavy (non-hydrogen) atoms. The van der Waals surface area contributed by atoms with E-state index in [1.807, 2.05) is 24.3 Å². The van der Waals surface area contributed by atoms with Gasteiger partial charge in [0.1, 0.15) is 0 Å². The maximum atomic E-state index is 5.15. The quantitative estimate of drug-likeness (QED) is 0.172. The molecule has 0 fully saturated rings. The summed E-state index contributed by atoms with van der Waals surface area (Å²) in [5.41, 5.74) is 17.4. The van der Waals surface area contributed by atoms with Crippen molar-refractivity contribution in [1.29, 1.82) is 0 Å². The Kier molecular flexibility index (Phi) is 7.85. The SMILES string of the molecule is CC1(C)c2ccc3ccccc3c2-c2cccc(-c3cccc(-c4cccc(-c5cc(-c6ccc(-c7ccccc7)cc6)nc(-c6ccccc6)n5)c4)c3)c21. The van der Waals surface area contributed by atoms with Crippen molar-refractivity contribution >= 4 is 10.8 Å². The van der Waals surface area contributed by atoms with Gasteiger partial charge in [0.2, 0.25) is 0 Å². The molecule has 10 rings (SSSR count). The Morgan fingerprint density at radius 3 is 1.64 bits per heavy atom. The fraction of sp³-hybridized carbons (Fsp3) is 0.0566. The second-order valence-corrected chi connectivity index (χ2v) is 15.0. The molecule has 1 aliphatic carbocycles. The van der Waals surface area contributed by atoms with Crippen LogP contribution in [-0.2, 0) is 5.41 Å². The molecular formula is C53H38N2. The van der Waals surface area contributed by atoms with E-state index < -0.39 is 0 Å². The molecule has 0 unspecified atom stereocenters. The van der Waals surface area contributed by atoms with E-state index in [1.54, 1.807) is 0 Å². The van der Waals surface area contributed by atoms with Crippen LogP contribution in [0, 0.1) is 0 Å². The van der Waals surface area contributed by atoms with E-state index in [0.717, 1.165) is 33.6 Å². The third kappa shape index (κ3) is 5.75. The minimum absolute atomic E-state index is 0.135. The van der Waals surface area contributed by atoms with E-state index in [2.05, 4.69) is 184 Å². The smallest absolute Gasteiger partial charge is 0.160 e. The summed E-state index contributed by atoms with van der Waals surface area (Å²) in [6.45, 7) is 4.75. The fourth-order valence-corrected chi connectivity index (χ4v) is 8.54. The molecule has 0 spiro atoms. The molecule has 2 heteroatoms. The van der Waals surface area contributed by atoms with Gasteiger partial charge in [-0.2, -0.15) is 0 Å². The van der Waals surface area contributed by atoms with E-state index in [1.165, 1.54) is 60.8 Å². The maximum absolute atomic E-state index is 5.15. The lowest BCUT2D eigenvalue weighted by Crippen LogP contribution is -2.16. The third-order valence-electron chi connectivity index (χ3n) is 11.3. The molecule has 1 aliphatic rings. The monoisotopic (exact) mass is 702 g/mol. The number of benzene rings is 8. The molecule has 0 aliphatic heterocycles. The largest absolute Gasteiger partial charge is 0.228 e. The van der Waals surface area contributed by atoms with Gasteiger partial charge in [-0.15, -0.1) is 0 Å². The molecule has 0 amide bonds. The van der Waals surface area contributed by atoms with Gasteiger partial charge in [-0.05, 0) is 84.6 Å². The van der Waals surface area contributed by atoms with Crippen LogP contribution in [-0.4, -0.2) is 9.97 Å². The van der Waals surface area contributed by atoms with Gasteiger partial charge in [0.15, 0.2) is 5.82 Å². The van der Waals surface area contributed by atoms with Crippen LogP contribution < -0.4 is 0 Å². The lowest BCUT2D eigenvalue weighted by atomic mass is 9.78. The topological polar surface area (TPSA) is 25.8 Å². The second kappa shape index (κ2) is 13.2. The van der Waals surface area contributed by atoms with Gasteiger partial charge >= 0.3 is 0 Å². The first kappa shape index (κ1) is 32.7. The zero-order valence-corrected chi connectivity index (χ0v) is 30.9. The maximum Gasteiger partial charge on any atom is 0.160 e. The highest BCUT2D eigenvalue weighted by molar-refractivity contribution is 6.04. The summed E-state index contributed by atoms with van der Waals surface area (Å²) in [4.78, 5) is 10.2. The fourth-order valence-electron chi connectivity index (χ4n) is 8.54. The molecule has 1 heterocycles. The first-order valence-electron chi connectivity index (χ1n) is 19.0. The summed E-state index contributed by atoms with van der Waals surface area (Å²) < 4.78 is 0. The lowest BCUT2D eigenvalue weighted by Gasteiger charge is -2.25. The Labute approximate surface area is 322 Å². The number of fused-ring (bicyclic) bond motifs is 5. The normalized spacial score (nSPS) is 12.7. The predicted molar refractivity (Wildman–Crippen MR) is 230 cm³/mol. The van der Waals surface area contributed by atoms with Gasteiger partial charge in [0, 0.05) is 22.1 Å². The minimum Gasteiger partial charge on any atom is -0.228 e. The summed E-state index contributed by atoms with van der Waals surface area (Å²) in [5, 5.41) is 2.60. The van der Waals surface area contributed by atoms with Crippen LogP contribution in [0.2, 0.25) is 0 Å². The van der Waals surface area contributed by atoms with Crippen LogP contribution in [0.5, 0.6) is 0 Å². The summed E-state index contributed by atoms with van der Waals surface area (Å²) in [6, 6.07) is 69.5.